The monoisotopic (exact) mass is 331 g/mol. The lowest BCUT2D eigenvalue weighted by molar-refractivity contribution is -0.137. The lowest BCUT2D eigenvalue weighted by atomic mass is 10.3. The number of carbonyl (C=O) groups is 2. The molecule has 0 aromatic carbocycles. The van der Waals surface area contributed by atoms with Crippen molar-refractivity contribution in [2.45, 2.75) is 12.8 Å². The topological polar surface area (TPSA) is 70.8 Å². The summed E-state index contributed by atoms with van der Waals surface area (Å²) in [7, 11) is 0. The summed E-state index contributed by atoms with van der Waals surface area (Å²) in [6.07, 6.45) is 1.94. The van der Waals surface area contributed by atoms with Crippen LogP contribution < -0.4 is 0 Å². The zero-order chi connectivity index (χ0) is 14.7. The predicted molar refractivity (Wildman–Crippen MR) is 80.5 cm³/mol. The molecule has 1 aromatic rings. The Balaban J connectivity index is 2.04. The van der Waals surface area contributed by atoms with Gasteiger partial charge < -0.3 is 9.52 Å². The molecular weight excluding hydrogens is 322 g/mol. The summed E-state index contributed by atoms with van der Waals surface area (Å²) in [5.41, 5.74) is 0. The van der Waals surface area contributed by atoms with E-state index in [0.29, 0.717) is 28.0 Å². The van der Waals surface area contributed by atoms with Crippen LogP contribution in [0.2, 0.25) is 5.22 Å². The Morgan fingerprint density at radius 2 is 2.30 bits per heavy atom. The second-order valence-corrected chi connectivity index (χ2v) is 6.02. The number of aliphatic carboxylic acids is 1. The number of rotatable bonds is 5. The van der Waals surface area contributed by atoms with E-state index in [9.17, 15) is 9.59 Å². The number of thiocarbonyl (C=S) groups is 1. The Morgan fingerprint density at radius 1 is 1.55 bits per heavy atom. The molecule has 5 nitrogen and oxygen atoms in total. The fraction of sp³-hybridized carbons (Fsp3) is 0.250. The number of hydrogen-bond acceptors (Lipinski definition) is 5. The van der Waals surface area contributed by atoms with Gasteiger partial charge in [-0.25, -0.2) is 0 Å². The van der Waals surface area contributed by atoms with Crippen LogP contribution in [-0.2, 0) is 9.59 Å². The number of furan rings is 1. The van der Waals surface area contributed by atoms with E-state index in [2.05, 4.69) is 0 Å². The van der Waals surface area contributed by atoms with E-state index in [1.807, 2.05) is 0 Å². The molecule has 1 amide bonds. The maximum atomic E-state index is 12.1. The number of carbonyl (C=O) groups excluding carboxylic acids is 1. The Kier molecular flexibility index (Phi) is 4.85. The molecule has 1 N–H and O–H groups in total. The largest absolute Gasteiger partial charge is 0.481 e. The molecule has 106 valence electrons. The number of nitrogens with zero attached hydrogens (tertiary/aromatic N) is 1. The molecule has 2 heterocycles. The summed E-state index contributed by atoms with van der Waals surface area (Å²) in [6, 6.07) is 3.24. The van der Waals surface area contributed by atoms with E-state index in [1.165, 1.54) is 4.90 Å². The standard InChI is InChI=1S/C12H10ClNO4S2/c13-9-4-3-7(18-9)6-8-11(17)14(12(19)20-8)5-1-2-10(15)16/h3-4,6H,1-2,5H2,(H,15,16). The average Bonchev–Trinajstić information content (AvgIpc) is 2.88. The van der Waals surface area contributed by atoms with E-state index in [-0.39, 0.29) is 17.5 Å². The van der Waals surface area contributed by atoms with E-state index < -0.39 is 5.97 Å². The summed E-state index contributed by atoms with van der Waals surface area (Å²) < 4.78 is 5.58. The third-order valence-electron chi connectivity index (χ3n) is 2.51. The Hall–Kier alpha value is -1.31. The van der Waals surface area contributed by atoms with Crippen LogP contribution in [0.5, 0.6) is 0 Å². The van der Waals surface area contributed by atoms with Crippen LogP contribution in [0.1, 0.15) is 18.6 Å². The fourth-order valence-electron chi connectivity index (χ4n) is 1.62. The van der Waals surface area contributed by atoms with E-state index in [4.69, 9.17) is 33.3 Å². The van der Waals surface area contributed by atoms with Crippen molar-refractivity contribution in [2.75, 3.05) is 6.54 Å². The first-order valence-corrected chi connectivity index (χ1v) is 7.30. The van der Waals surface area contributed by atoms with Crippen molar-refractivity contribution in [3.05, 3.63) is 28.0 Å². The van der Waals surface area contributed by atoms with Gasteiger partial charge in [-0.2, -0.15) is 0 Å². The molecule has 0 atom stereocenters. The van der Waals surface area contributed by atoms with Gasteiger partial charge >= 0.3 is 5.97 Å². The number of thioether (sulfide) groups is 1. The maximum Gasteiger partial charge on any atom is 0.303 e. The van der Waals surface area contributed by atoms with Crippen LogP contribution in [0.15, 0.2) is 21.5 Å². The highest BCUT2D eigenvalue weighted by Gasteiger charge is 2.31. The second kappa shape index (κ2) is 6.43. The summed E-state index contributed by atoms with van der Waals surface area (Å²) >= 11 is 11.9. The molecule has 20 heavy (non-hydrogen) atoms. The van der Waals surface area contributed by atoms with E-state index in [1.54, 1.807) is 18.2 Å². The van der Waals surface area contributed by atoms with Gasteiger partial charge in [0.15, 0.2) is 5.22 Å². The van der Waals surface area contributed by atoms with Crippen LogP contribution in [0.25, 0.3) is 6.08 Å². The van der Waals surface area contributed by atoms with Gasteiger partial charge in [0, 0.05) is 19.0 Å². The highest BCUT2D eigenvalue weighted by Crippen LogP contribution is 2.33. The first-order valence-electron chi connectivity index (χ1n) is 5.70. The van der Waals surface area contributed by atoms with E-state index in [0.717, 1.165) is 11.8 Å². The average molecular weight is 332 g/mol. The molecule has 0 aliphatic carbocycles. The molecule has 1 aliphatic heterocycles. The fourth-order valence-corrected chi connectivity index (χ4v) is 3.06. The molecule has 0 saturated carbocycles. The van der Waals surface area contributed by atoms with Crippen molar-refractivity contribution in [3.63, 3.8) is 0 Å². The smallest absolute Gasteiger partial charge is 0.303 e. The molecule has 1 aliphatic rings. The zero-order valence-corrected chi connectivity index (χ0v) is 12.6. The number of halogens is 1. The Morgan fingerprint density at radius 3 is 2.90 bits per heavy atom. The van der Waals surface area contributed by atoms with Crippen molar-refractivity contribution in [1.82, 2.24) is 4.90 Å². The van der Waals surface area contributed by atoms with Crippen LogP contribution in [0, 0.1) is 0 Å². The van der Waals surface area contributed by atoms with E-state index >= 15 is 0 Å². The molecule has 0 spiro atoms. The summed E-state index contributed by atoms with van der Waals surface area (Å²) in [5.74, 6) is -0.657. The SMILES string of the molecule is O=C(O)CCCN1C(=O)C(=Cc2ccc(Cl)o2)SC1=S. The quantitative estimate of drug-likeness (QED) is 0.660. The van der Waals surface area contributed by atoms with Crippen LogP contribution in [-0.4, -0.2) is 32.7 Å². The number of hydrogen-bond donors (Lipinski definition) is 1. The van der Waals surface area contributed by atoms with Crippen LogP contribution in [0.3, 0.4) is 0 Å². The third kappa shape index (κ3) is 3.62. The normalized spacial score (nSPS) is 17.2. The first kappa shape index (κ1) is 15.1. The number of amides is 1. The van der Waals surface area contributed by atoms with Gasteiger partial charge in [0.1, 0.15) is 10.1 Å². The number of carboxylic acid groups (broad SMARTS) is 1. The van der Waals surface area contributed by atoms with Crippen molar-refractivity contribution >= 4 is 57.9 Å². The number of carboxylic acids is 1. The Labute approximate surface area is 129 Å². The van der Waals surface area contributed by atoms with Crippen molar-refractivity contribution in [1.29, 1.82) is 0 Å². The molecule has 8 heteroatoms. The molecule has 1 aromatic heterocycles. The molecule has 0 radical (unpaired) electrons. The second-order valence-electron chi connectivity index (χ2n) is 3.97. The summed E-state index contributed by atoms with van der Waals surface area (Å²) in [4.78, 5) is 24.4. The molecule has 1 saturated heterocycles. The van der Waals surface area contributed by atoms with Crippen molar-refractivity contribution in [2.24, 2.45) is 0 Å². The zero-order valence-electron chi connectivity index (χ0n) is 10.2. The van der Waals surface area contributed by atoms with Gasteiger partial charge in [-0.3, -0.25) is 14.5 Å². The maximum absolute atomic E-state index is 12.1. The summed E-state index contributed by atoms with van der Waals surface area (Å²) in [5, 5.41) is 8.83. The van der Waals surface area contributed by atoms with Gasteiger partial charge in [0.25, 0.3) is 5.91 Å². The lowest BCUT2D eigenvalue weighted by Crippen LogP contribution is -2.29. The lowest BCUT2D eigenvalue weighted by Gasteiger charge is -2.12. The van der Waals surface area contributed by atoms with Gasteiger partial charge in [0.05, 0.1) is 4.91 Å². The van der Waals surface area contributed by atoms with Crippen molar-refractivity contribution < 1.29 is 19.1 Å². The predicted octanol–water partition coefficient (Wildman–Crippen LogP) is 3.00. The van der Waals surface area contributed by atoms with Crippen LogP contribution in [0.4, 0.5) is 0 Å². The third-order valence-corrected chi connectivity index (χ3v) is 4.09. The Bertz CT molecular complexity index is 596. The minimum atomic E-state index is -0.892. The molecular formula is C12H10ClNO4S2. The van der Waals surface area contributed by atoms with Gasteiger partial charge in [0.2, 0.25) is 0 Å². The summed E-state index contributed by atoms with van der Waals surface area (Å²) in [6.45, 7) is 0.299. The molecule has 0 bridgehead atoms. The van der Waals surface area contributed by atoms with Crippen LogP contribution >= 0.6 is 35.6 Å². The van der Waals surface area contributed by atoms with Gasteiger partial charge in [-0.1, -0.05) is 24.0 Å². The van der Waals surface area contributed by atoms with Gasteiger partial charge in [-0.15, -0.1) is 0 Å². The first-order chi connectivity index (χ1) is 9.47. The highest BCUT2D eigenvalue weighted by atomic mass is 35.5. The minimum absolute atomic E-state index is 0.00387. The van der Waals surface area contributed by atoms with Gasteiger partial charge in [-0.05, 0) is 30.2 Å². The van der Waals surface area contributed by atoms with Crippen molar-refractivity contribution in [3.8, 4) is 0 Å². The minimum Gasteiger partial charge on any atom is -0.481 e. The molecule has 1 fully saturated rings. The molecule has 2 rings (SSSR count). The molecule has 0 unspecified atom stereocenters. The highest BCUT2D eigenvalue weighted by molar-refractivity contribution is 8.26.